The third kappa shape index (κ3) is 2.16. The molecule has 0 saturated carbocycles. The molecule has 0 spiro atoms. The fraction of sp³-hybridized carbons (Fsp3) is 0.429. The van der Waals surface area contributed by atoms with Crippen LogP contribution in [0.2, 0.25) is 0 Å². The van der Waals surface area contributed by atoms with Crippen LogP contribution in [0.15, 0.2) is 36.9 Å². The second-order valence-electron chi connectivity index (χ2n) is 5.02. The Morgan fingerprint density at radius 1 is 1.33 bits per heavy atom. The van der Waals surface area contributed by atoms with E-state index in [0.717, 1.165) is 37.4 Å². The van der Waals surface area contributed by atoms with Crippen molar-refractivity contribution in [1.82, 2.24) is 14.5 Å². The molecule has 0 amide bonds. The fourth-order valence-corrected chi connectivity index (χ4v) is 2.52. The molecule has 1 aliphatic rings. The summed E-state index contributed by atoms with van der Waals surface area (Å²) in [5.74, 6) is 0.981. The minimum Gasteiger partial charge on any atom is -0.373 e. The van der Waals surface area contributed by atoms with Gasteiger partial charge >= 0.3 is 0 Å². The minimum atomic E-state index is -0.0531. The summed E-state index contributed by atoms with van der Waals surface area (Å²) in [5.41, 5.74) is 1.04. The zero-order chi connectivity index (χ0) is 12.4. The van der Waals surface area contributed by atoms with E-state index in [0.29, 0.717) is 0 Å². The molecule has 1 fully saturated rings. The molecule has 1 saturated heterocycles. The molecule has 4 heteroatoms. The van der Waals surface area contributed by atoms with Crippen LogP contribution in [0.1, 0.15) is 19.8 Å². The zero-order valence-electron chi connectivity index (χ0n) is 10.5. The Hall–Kier alpha value is -1.68. The van der Waals surface area contributed by atoms with Gasteiger partial charge < -0.3 is 9.30 Å². The Balaban J connectivity index is 1.88. The smallest absolute Gasteiger partial charge is 0.140 e. The summed E-state index contributed by atoms with van der Waals surface area (Å²) < 4.78 is 8.01. The largest absolute Gasteiger partial charge is 0.373 e. The first-order valence-corrected chi connectivity index (χ1v) is 6.32. The summed E-state index contributed by atoms with van der Waals surface area (Å²) in [6, 6.07) is 3.97. The van der Waals surface area contributed by atoms with Gasteiger partial charge in [0, 0.05) is 37.0 Å². The van der Waals surface area contributed by atoms with Crippen LogP contribution in [0.4, 0.5) is 0 Å². The van der Waals surface area contributed by atoms with Gasteiger partial charge in [-0.1, -0.05) is 0 Å². The van der Waals surface area contributed by atoms with Gasteiger partial charge in [0.1, 0.15) is 5.82 Å². The van der Waals surface area contributed by atoms with Gasteiger partial charge in [0.25, 0.3) is 0 Å². The van der Waals surface area contributed by atoms with Crippen LogP contribution in [-0.2, 0) is 11.3 Å². The third-order valence-electron chi connectivity index (χ3n) is 3.46. The molecule has 1 aliphatic heterocycles. The second kappa shape index (κ2) is 4.53. The van der Waals surface area contributed by atoms with E-state index >= 15 is 0 Å². The molecule has 0 aliphatic carbocycles. The Morgan fingerprint density at radius 3 is 2.89 bits per heavy atom. The van der Waals surface area contributed by atoms with Gasteiger partial charge in [0.05, 0.1) is 12.1 Å². The lowest BCUT2D eigenvalue weighted by Crippen LogP contribution is -2.29. The summed E-state index contributed by atoms with van der Waals surface area (Å²) in [6.07, 6.45) is 9.71. The number of pyridine rings is 1. The van der Waals surface area contributed by atoms with Crippen molar-refractivity contribution in [3.8, 4) is 11.4 Å². The van der Waals surface area contributed by atoms with E-state index in [1.807, 2.05) is 24.5 Å². The second-order valence-corrected chi connectivity index (χ2v) is 5.02. The summed E-state index contributed by atoms with van der Waals surface area (Å²) in [7, 11) is 0. The van der Waals surface area contributed by atoms with Gasteiger partial charge in [-0.05, 0) is 31.9 Å². The molecular weight excluding hydrogens is 226 g/mol. The van der Waals surface area contributed by atoms with Gasteiger partial charge in [0.2, 0.25) is 0 Å². The fourth-order valence-electron chi connectivity index (χ4n) is 2.52. The van der Waals surface area contributed by atoms with Crippen LogP contribution < -0.4 is 0 Å². The number of nitrogens with zero attached hydrogens (tertiary/aromatic N) is 3. The average molecular weight is 243 g/mol. The third-order valence-corrected chi connectivity index (χ3v) is 3.46. The maximum atomic E-state index is 5.84. The van der Waals surface area contributed by atoms with Crippen molar-refractivity contribution in [2.24, 2.45) is 0 Å². The van der Waals surface area contributed by atoms with Gasteiger partial charge in [0.15, 0.2) is 0 Å². The van der Waals surface area contributed by atoms with Gasteiger partial charge in [-0.15, -0.1) is 0 Å². The first-order valence-electron chi connectivity index (χ1n) is 6.32. The van der Waals surface area contributed by atoms with E-state index in [4.69, 9.17) is 4.74 Å². The molecule has 3 heterocycles. The zero-order valence-corrected chi connectivity index (χ0v) is 10.5. The maximum absolute atomic E-state index is 5.84. The standard InChI is InChI=1S/C14H17N3O/c1-14(5-2-10-18-14)11-17-9-8-16-13(17)12-3-6-15-7-4-12/h3-4,6-9H,2,5,10-11H2,1H3/t14-/m0/s1. The lowest BCUT2D eigenvalue weighted by Gasteiger charge is -2.24. The highest BCUT2D eigenvalue weighted by Gasteiger charge is 2.30. The average Bonchev–Trinajstić information content (AvgIpc) is 3.00. The summed E-state index contributed by atoms with van der Waals surface area (Å²) in [4.78, 5) is 8.48. The molecule has 3 rings (SSSR count). The first kappa shape index (κ1) is 11.4. The maximum Gasteiger partial charge on any atom is 0.140 e. The lowest BCUT2D eigenvalue weighted by atomic mass is 10.0. The molecule has 0 bridgehead atoms. The molecule has 2 aromatic heterocycles. The van der Waals surface area contributed by atoms with Crippen LogP contribution in [0.25, 0.3) is 11.4 Å². The number of imidazole rings is 1. The van der Waals surface area contributed by atoms with Crippen LogP contribution in [0, 0.1) is 0 Å². The highest BCUT2D eigenvalue weighted by Crippen LogP contribution is 2.28. The molecule has 0 unspecified atom stereocenters. The first-order chi connectivity index (χ1) is 8.77. The van der Waals surface area contributed by atoms with Crippen molar-refractivity contribution < 1.29 is 4.74 Å². The molecule has 1 atom stereocenters. The van der Waals surface area contributed by atoms with Gasteiger partial charge in [-0.3, -0.25) is 4.98 Å². The quantitative estimate of drug-likeness (QED) is 0.831. The Labute approximate surface area is 107 Å². The molecule has 94 valence electrons. The van der Waals surface area contributed by atoms with Crippen LogP contribution in [0.3, 0.4) is 0 Å². The monoisotopic (exact) mass is 243 g/mol. The highest BCUT2D eigenvalue weighted by molar-refractivity contribution is 5.54. The highest BCUT2D eigenvalue weighted by atomic mass is 16.5. The number of rotatable bonds is 3. The van der Waals surface area contributed by atoms with E-state index in [1.54, 1.807) is 12.4 Å². The van der Waals surface area contributed by atoms with E-state index in [2.05, 4.69) is 21.5 Å². The van der Waals surface area contributed by atoms with E-state index < -0.39 is 0 Å². The number of ether oxygens (including phenoxy) is 1. The van der Waals surface area contributed by atoms with Crippen molar-refractivity contribution >= 4 is 0 Å². The molecule has 4 nitrogen and oxygen atoms in total. The van der Waals surface area contributed by atoms with E-state index in [9.17, 15) is 0 Å². The molecule has 2 aromatic rings. The van der Waals surface area contributed by atoms with Crippen molar-refractivity contribution in [3.05, 3.63) is 36.9 Å². The number of hydrogen-bond acceptors (Lipinski definition) is 3. The van der Waals surface area contributed by atoms with E-state index in [-0.39, 0.29) is 5.60 Å². The Bertz CT molecular complexity index is 515. The SMILES string of the molecule is C[C@@]1(Cn2ccnc2-c2ccncc2)CCCO1. The Kier molecular flexibility index (Phi) is 2.88. The van der Waals surface area contributed by atoms with Crippen LogP contribution >= 0.6 is 0 Å². The number of aromatic nitrogens is 3. The van der Waals surface area contributed by atoms with Crippen molar-refractivity contribution in [2.75, 3.05) is 6.61 Å². The van der Waals surface area contributed by atoms with Crippen molar-refractivity contribution in [1.29, 1.82) is 0 Å². The molecular formula is C14H17N3O. The van der Waals surface area contributed by atoms with Gasteiger partial charge in [-0.25, -0.2) is 4.98 Å². The van der Waals surface area contributed by atoms with Crippen LogP contribution in [-0.4, -0.2) is 26.7 Å². The minimum absolute atomic E-state index is 0.0531. The molecule has 0 aromatic carbocycles. The lowest BCUT2D eigenvalue weighted by molar-refractivity contribution is 0.00657. The molecule has 18 heavy (non-hydrogen) atoms. The molecule has 0 N–H and O–H groups in total. The summed E-state index contributed by atoms with van der Waals surface area (Å²) in [6.45, 7) is 3.90. The van der Waals surface area contributed by atoms with Gasteiger partial charge in [-0.2, -0.15) is 0 Å². The normalized spacial score (nSPS) is 23.4. The number of hydrogen-bond donors (Lipinski definition) is 0. The van der Waals surface area contributed by atoms with Crippen molar-refractivity contribution in [3.63, 3.8) is 0 Å². The predicted molar refractivity (Wildman–Crippen MR) is 69.0 cm³/mol. The van der Waals surface area contributed by atoms with E-state index in [1.165, 1.54) is 0 Å². The summed E-state index contributed by atoms with van der Waals surface area (Å²) in [5, 5.41) is 0. The predicted octanol–water partition coefficient (Wildman–Crippen LogP) is 2.51. The van der Waals surface area contributed by atoms with Crippen LogP contribution in [0.5, 0.6) is 0 Å². The Morgan fingerprint density at radius 2 is 2.17 bits per heavy atom. The topological polar surface area (TPSA) is 39.9 Å². The summed E-state index contributed by atoms with van der Waals surface area (Å²) >= 11 is 0. The van der Waals surface area contributed by atoms with Crippen molar-refractivity contribution in [2.45, 2.75) is 31.9 Å². The molecule has 0 radical (unpaired) electrons.